The van der Waals surface area contributed by atoms with E-state index in [0.29, 0.717) is 77.4 Å². The zero-order chi connectivity index (χ0) is 55.3. The van der Waals surface area contributed by atoms with E-state index in [4.69, 9.17) is 37.0 Å². The first-order valence-electron chi connectivity index (χ1n) is 26.6. The molecule has 0 spiro atoms. The lowest BCUT2D eigenvalue weighted by Gasteiger charge is -2.40. The third-order valence-electron chi connectivity index (χ3n) is 13.5. The molecule has 0 aromatic heterocycles. The minimum absolute atomic E-state index is 0. The smallest absolute Gasteiger partial charge is 0.327 e. The number of carbonyl (C=O) groups excluding carboxylic acids is 3. The molecule has 75 heavy (non-hydrogen) atoms. The van der Waals surface area contributed by atoms with Crippen LogP contribution in [0.25, 0.3) is 0 Å². The molecule has 4 rings (SSSR count). The topological polar surface area (TPSA) is 330 Å². The van der Waals surface area contributed by atoms with E-state index in [2.05, 4.69) is 0 Å². The van der Waals surface area contributed by atoms with Crippen LogP contribution in [0.15, 0.2) is 0 Å². The number of nitrogens with zero attached hydrogens (tertiary/aromatic N) is 2. The Morgan fingerprint density at radius 1 is 0.613 bits per heavy atom. The number of ketones is 1. The van der Waals surface area contributed by atoms with Gasteiger partial charge in [-0.25, -0.2) is 0 Å². The normalized spacial score (nSPS) is 31.7. The van der Waals surface area contributed by atoms with Gasteiger partial charge in [0.05, 0.1) is 69.0 Å². The quantitative estimate of drug-likeness (QED) is 0.0386. The maximum atomic E-state index is 12.7. The van der Waals surface area contributed by atoms with Crippen molar-refractivity contribution in [3.8, 4) is 0 Å². The largest absolute Gasteiger partial charge is 0.756 e. The summed E-state index contributed by atoms with van der Waals surface area (Å²) < 4.78 is 67.2. The van der Waals surface area contributed by atoms with Crippen molar-refractivity contribution >= 4 is 33.0 Å². The summed E-state index contributed by atoms with van der Waals surface area (Å²) in [6, 6.07) is -0.651. The summed E-state index contributed by atoms with van der Waals surface area (Å²) in [4.78, 5) is 52.8. The molecule has 4 fully saturated rings. The monoisotopic (exact) mass is 1120 g/mol. The number of hydrogen-bond acceptors (Lipinski definition) is 21. The highest BCUT2D eigenvalue weighted by atomic mass is 31.2. The van der Waals surface area contributed by atoms with E-state index < -0.39 is 102 Å². The van der Waals surface area contributed by atoms with Gasteiger partial charge in [-0.3, -0.25) is 23.5 Å². The third kappa shape index (κ3) is 24.4. The van der Waals surface area contributed by atoms with Gasteiger partial charge in [0.1, 0.15) is 30.2 Å². The Hall–Kier alpha value is -1.57. The van der Waals surface area contributed by atoms with E-state index in [0.717, 1.165) is 19.3 Å². The van der Waals surface area contributed by atoms with Crippen LogP contribution in [-0.4, -0.2) is 202 Å². The number of aliphatic hydroxyl groups is 7. The summed E-state index contributed by atoms with van der Waals surface area (Å²) in [5.74, 6) is -0.601. The highest BCUT2D eigenvalue weighted by molar-refractivity contribution is 7.53. The van der Waals surface area contributed by atoms with Gasteiger partial charge in [-0.1, -0.05) is 41.0 Å². The van der Waals surface area contributed by atoms with Crippen molar-refractivity contribution in [3.63, 3.8) is 0 Å². The number of ether oxygens (including phenoxy) is 4. The van der Waals surface area contributed by atoms with E-state index in [9.17, 15) is 64.2 Å². The summed E-state index contributed by atoms with van der Waals surface area (Å²) in [5.41, 5.74) is 0. The molecule has 12 unspecified atom stereocenters. The molecule has 0 bridgehead atoms. The van der Waals surface area contributed by atoms with Crippen LogP contribution in [0, 0.1) is 17.8 Å². The van der Waals surface area contributed by atoms with Gasteiger partial charge in [-0.15, -0.1) is 0 Å². The summed E-state index contributed by atoms with van der Waals surface area (Å²) in [7, 11) is -7.64. The van der Waals surface area contributed by atoms with Crippen molar-refractivity contribution in [1.29, 1.82) is 0 Å². The molecule has 442 valence electrons. The standard InChI is InChI=1S/C28H52NO11P.C21H40NO10P.CH4/c1-19(2)40-41(4,36)38-18-21-15-23(32)16-29(21)25(33)13-8-6-5-7-11-22(31)12-9-10-14-37-28-20(3)26(34)27(35)24(17-30)39-28;1-13(2)32-33(27,28)30-12-16-9-14(3)10-22(16)18(24)7-5-6-8-29-21-15(4)19(25)20(26)17(11-23)31-21;/h19-21,23-24,26-28,30,32,34-35H,5-18H2,1-4H3;13-17,19-21,23,25-26H,5-12H2,1-4H3,(H,27,28);1H4/p-1/t20?,21-,23+,24?,26?,27?,28?,41?;14-,15?,16+,17?,19?,20?,21?;/m01./s1. The lowest BCUT2D eigenvalue weighted by Crippen LogP contribution is -2.55. The van der Waals surface area contributed by atoms with Crippen LogP contribution < -0.4 is 4.89 Å². The molecule has 4 heterocycles. The Kier molecular flexibility index (Phi) is 32.0. The molecule has 0 aromatic carbocycles. The number of likely N-dealkylation sites (tertiary alicyclic amines) is 2. The van der Waals surface area contributed by atoms with Crippen LogP contribution in [0.4, 0.5) is 0 Å². The van der Waals surface area contributed by atoms with Crippen molar-refractivity contribution < 1.29 is 101 Å². The highest BCUT2D eigenvalue weighted by Gasteiger charge is 2.44. The van der Waals surface area contributed by atoms with Crippen LogP contribution in [0.3, 0.4) is 0 Å². The zero-order valence-corrected chi connectivity index (χ0v) is 46.7. The molecular formula is C50H95N2O21P2-. The predicted molar refractivity (Wildman–Crippen MR) is 274 cm³/mol. The summed E-state index contributed by atoms with van der Waals surface area (Å²) in [6.45, 7) is 14.1. The van der Waals surface area contributed by atoms with Crippen molar-refractivity contribution in [3.05, 3.63) is 0 Å². The Labute approximate surface area is 445 Å². The maximum Gasteiger partial charge on any atom is 0.327 e. The highest BCUT2D eigenvalue weighted by Crippen LogP contribution is 2.46. The Morgan fingerprint density at radius 2 is 1.04 bits per heavy atom. The Morgan fingerprint density at radius 3 is 1.52 bits per heavy atom. The van der Waals surface area contributed by atoms with Crippen LogP contribution in [0.2, 0.25) is 0 Å². The second kappa shape index (κ2) is 34.5. The fourth-order valence-corrected chi connectivity index (χ4v) is 11.7. The molecule has 7 N–H and O–H groups in total. The molecule has 4 saturated heterocycles. The van der Waals surface area contributed by atoms with Gasteiger partial charge in [0.25, 0.3) is 7.82 Å². The minimum atomic E-state index is -4.41. The predicted octanol–water partition coefficient (Wildman–Crippen LogP) is 3.42. The van der Waals surface area contributed by atoms with Crippen molar-refractivity contribution in [1.82, 2.24) is 9.80 Å². The molecule has 4 aliphatic heterocycles. The molecule has 2 amide bonds. The zero-order valence-electron chi connectivity index (χ0n) is 44.9. The maximum absolute atomic E-state index is 12.7. The molecule has 0 aromatic rings. The van der Waals surface area contributed by atoms with Crippen LogP contribution in [0.5, 0.6) is 0 Å². The van der Waals surface area contributed by atoms with E-state index in [1.165, 1.54) is 6.66 Å². The molecule has 16 atom stereocenters. The number of hydrogen-bond donors (Lipinski definition) is 7. The Balaban J connectivity index is 0.000000518. The van der Waals surface area contributed by atoms with Crippen molar-refractivity contribution in [2.45, 2.75) is 225 Å². The number of rotatable bonds is 31. The van der Waals surface area contributed by atoms with Gasteiger partial charge < -0.3 is 87.5 Å². The number of aliphatic hydroxyl groups excluding tert-OH is 7. The molecule has 0 aliphatic carbocycles. The van der Waals surface area contributed by atoms with Crippen molar-refractivity contribution in [2.75, 3.05) is 59.4 Å². The number of phosphoric ester groups is 1. The first kappa shape index (κ1) is 69.5. The number of carbonyl (C=O) groups is 3. The van der Waals surface area contributed by atoms with Gasteiger partial charge in [0.15, 0.2) is 12.6 Å². The molecule has 0 saturated carbocycles. The second-order valence-electron chi connectivity index (χ2n) is 21.0. The lowest BCUT2D eigenvalue weighted by molar-refractivity contribution is -0.282. The molecule has 0 radical (unpaired) electrons. The number of unbranched alkanes of at least 4 members (excludes halogenated alkanes) is 5. The Bertz CT molecular complexity index is 1750. The molecular weight excluding hydrogens is 1030 g/mol. The number of phosphoric acid groups is 1. The third-order valence-corrected chi connectivity index (χ3v) is 16.1. The fraction of sp³-hybridized carbons (Fsp3) is 0.940. The average Bonchev–Trinajstić information content (AvgIpc) is 3.91. The SMILES string of the molecule is C.CC(C)OP(=O)([O-])OC[C@@H]1C[C@@H](C)CN1C(=O)CCCCOC1OC(CO)C(O)C(O)C1C.CC(C)OP(C)(=O)OC[C@@H]1C[C@@H](O)CN1C(=O)CCCCCCC(=O)CCCCOC1OC(CO)C(O)C(O)C1C. The minimum Gasteiger partial charge on any atom is -0.756 e. The summed E-state index contributed by atoms with van der Waals surface area (Å²) in [5, 5.41) is 68.6. The van der Waals surface area contributed by atoms with E-state index in [1.807, 2.05) is 6.92 Å². The van der Waals surface area contributed by atoms with E-state index >= 15 is 0 Å². The number of β-amino-alcohol motifs (C(OH)–C–C–N with tert-alkyl or cyclic N) is 1. The van der Waals surface area contributed by atoms with E-state index in [1.54, 1.807) is 51.3 Å². The molecule has 25 heteroatoms. The van der Waals surface area contributed by atoms with Crippen LogP contribution in [-0.2, 0) is 60.6 Å². The van der Waals surface area contributed by atoms with E-state index in [-0.39, 0.29) is 81.9 Å². The van der Waals surface area contributed by atoms with Crippen LogP contribution >= 0.6 is 15.4 Å². The van der Waals surface area contributed by atoms with Gasteiger partial charge in [-0.2, -0.15) is 0 Å². The second-order valence-corrected chi connectivity index (χ2v) is 24.4. The fourth-order valence-electron chi connectivity index (χ4n) is 9.46. The number of amides is 2. The van der Waals surface area contributed by atoms with Gasteiger partial charge in [-0.05, 0) is 85.0 Å². The first-order chi connectivity index (χ1) is 34.8. The number of Topliss-reactive ketones (excluding diaryl/α,β-unsaturated/α-hetero) is 1. The first-order valence-corrected chi connectivity index (χ1v) is 30.1. The van der Waals surface area contributed by atoms with Crippen LogP contribution in [0.1, 0.15) is 146 Å². The lowest BCUT2D eigenvalue weighted by atomic mass is 9.92. The van der Waals surface area contributed by atoms with Gasteiger partial charge in [0.2, 0.25) is 11.8 Å². The molecule has 23 nitrogen and oxygen atoms in total. The summed E-state index contributed by atoms with van der Waals surface area (Å²) >= 11 is 0. The average molecular weight is 1120 g/mol. The van der Waals surface area contributed by atoms with Gasteiger partial charge in [0, 0.05) is 70.5 Å². The molecule has 4 aliphatic rings. The van der Waals surface area contributed by atoms with Crippen molar-refractivity contribution in [2.24, 2.45) is 17.8 Å². The van der Waals surface area contributed by atoms with Gasteiger partial charge >= 0.3 is 7.60 Å². The summed E-state index contributed by atoms with van der Waals surface area (Å²) in [6.07, 6.45) is -0.869.